The van der Waals surface area contributed by atoms with Gasteiger partial charge in [-0.25, -0.2) is 9.78 Å². The van der Waals surface area contributed by atoms with Crippen molar-refractivity contribution in [1.29, 1.82) is 5.26 Å². The summed E-state index contributed by atoms with van der Waals surface area (Å²) in [6, 6.07) is 7.83. The van der Waals surface area contributed by atoms with Crippen LogP contribution in [-0.2, 0) is 10.9 Å². The van der Waals surface area contributed by atoms with Gasteiger partial charge in [-0.3, -0.25) is 4.90 Å². The average molecular weight is 533 g/mol. The normalized spacial score (nSPS) is 20.6. The Bertz CT molecular complexity index is 1170. The van der Waals surface area contributed by atoms with Crippen molar-refractivity contribution < 1.29 is 27.4 Å². The molecule has 4 rings (SSSR count). The minimum Gasteiger partial charge on any atom is -0.476 e. The first-order chi connectivity index (χ1) is 18.2. The number of alkyl halides is 3. The van der Waals surface area contributed by atoms with Crippen LogP contribution in [0.2, 0.25) is 0 Å². The lowest BCUT2D eigenvalue weighted by Crippen LogP contribution is -2.59. The fourth-order valence-electron chi connectivity index (χ4n) is 4.68. The van der Waals surface area contributed by atoms with Gasteiger partial charge in [-0.2, -0.15) is 18.4 Å². The molecule has 204 valence electrons. The van der Waals surface area contributed by atoms with Crippen LogP contribution in [0.3, 0.4) is 0 Å². The Morgan fingerprint density at radius 1 is 1.18 bits per heavy atom. The van der Waals surface area contributed by atoms with Gasteiger partial charge in [0.1, 0.15) is 6.61 Å². The molecule has 1 aromatic heterocycles. The number of amides is 2. The highest BCUT2D eigenvalue weighted by atomic mass is 19.4. The highest BCUT2D eigenvalue weighted by Gasteiger charge is 2.36. The lowest BCUT2D eigenvalue weighted by molar-refractivity contribution is -0.137. The second-order valence-electron chi connectivity index (χ2n) is 9.46. The fraction of sp³-hybridized carbons (Fsp3) is 0.500. The van der Waals surface area contributed by atoms with E-state index in [0.717, 1.165) is 25.7 Å². The van der Waals surface area contributed by atoms with Crippen LogP contribution in [0.25, 0.3) is 0 Å². The van der Waals surface area contributed by atoms with Crippen molar-refractivity contribution in [2.75, 3.05) is 62.8 Å². The topological polar surface area (TPSA) is 94.0 Å². The number of ether oxygens (including phenoxy) is 2. The number of hydrogen-bond acceptors (Lipinski definition) is 7. The molecule has 2 aliphatic heterocycles. The molecule has 0 spiro atoms. The van der Waals surface area contributed by atoms with Gasteiger partial charge in [-0.05, 0) is 38.1 Å². The predicted octanol–water partition coefficient (Wildman–Crippen LogP) is 3.81. The summed E-state index contributed by atoms with van der Waals surface area (Å²) in [7, 11) is 0. The largest absolute Gasteiger partial charge is 0.476 e. The van der Waals surface area contributed by atoms with Crippen LogP contribution in [-0.4, -0.2) is 85.4 Å². The van der Waals surface area contributed by atoms with E-state index in [2.05, 4.69) is 15.2 Å². The third-order valence-corrected chi connectivity index (χ3v) is 6.75. The highest BCUT2D eigenvalue weighted by molar-refractivity contribution is 5.90. The molecule has 0 aliphatic carbocycles. The zero-order valence-electron chi connectivity index (χ0n) is 21.4. The van der Waals surface area contributed by atoms with Crippen molar-refractivity contribution in [3.8, 4) is 11.9 Å². The second-order valence-corrected chi connectivity index (χ2v) is 9.46. The standard InChI is InChI=1S/C26H31F3N6O3/c1-18-17-35(19(2)16-34(18)22-4-3-20(15-30)23(14-22)26(27,28)29)25(36)32-21-5-6-31-24(13-21)38-12-9-33-7-10-37-11-8-33/h3-6,13-14,18-19H,7-12,16-17H2,1-2H3,(H,31,32,36). The number of halogens is 3. The number of anilines is 2. The van der Waals surface area contributed by atoms with Crippen molar-refractivity contribution in [3.05, 3.63) is 47.7 Å². The van der Waals surface area contributed by atoms with Crippen molar-refractivity contribution in [2.45, 2.75) is 32.1 Å². The number of carbonyl (C=O) groups is 1. The Labute approximate surface area is 219 Å². The molecule has 0 bridgehead atoms. The summed E-state index contributed by atoms with van der Waals surface area (Å²) in [5.41, 5.74) is -0.473. The molecule has 2 amide bonds. The monoisotopic (exact) mass is 532 g/mol. The lowest BCUT2D eigenvalue weighted by Gasteiger charge is -2.45. The molecular weight excluding hydrogens is 501 g/mol. The van der Waals surface area contributed by atoms with Crippen LogP contribution in [0.4, 0.5) is 29.3 Å². The molecule has 12 heteroatoms. The van der Waals surface area contributed by atoms with Gasteiger partial charge in [-0.15, -0.1) is 0 Å². The molecule has 2 fully saturated rings. The van der Waals surface area contributed by atoms with E-state index >= 15 is 0 Å². The number of nitriles is 1. The summed E-state index contributed by atoms with van der Waals surface area (Å²) >= 11 is 0. The van der Waals surface area contributed by atoms with Crippen molar-refractivity contribution in [1.82, 2.24) is 14.8 Å². The summed E-state index contributed by atoms with van der Waals surface area (Å²) in [5.74, 6) is 0.406. The number of nitrogens with one attached hydrogen (secondary N) is 1. The smallest absolute Gasteiger partial charge is 0.417 e. The summed E-state index contributed by atoms with van der Waals surface area (Å²) in [6.07, 6.45) is -3.07. The average Bonchev–Trinajstić information content (AvgIpc) is 2.89. The molecule has 2 unspecified atom stereocenters. The summed E-state index contributed by atoms with van der Waals surface area (Å²) in [5, 5.41) is 12.0. The molecule has 2 aliphatic rings. The minimum atomic E-state index is -4.63. The number of rotatable bonds is 6. The molecule has 2 atom stereocenters. The first-order valence-corrected chi connectivity index (χ1v) is 12.5. The number of carbonyl (C=O) groups excluding carboxylic acids is 1. The van der Waals surface area contributed by atoms with Gasteiger partial charge >= 0.3 is 12.2 Å². The SMILES string of the molecule is CC1CN(c2ccc(C#N)c(C(F)(F)F)c2)C(C)CN1C(=O)Nc1ccnc(OCCN2CCOCC2)c1. The summed E-state index contributed by atoms with van der Waals surface area (Å²) < 4.78 is 51.5. The molecule has 3 heterocycles. The van der Waals surface area contributed by atoms with Gasteiger partial charge in [0.2, 0.25) is 5.88 Å². The predicted molar refractivity (Wildman–Crippen MR) is 135 cm³/mol. The number of pyridine rings is 1. The molecule has 1 N–H and O–H groups in total. The molecule has 2 aromatic rings. The molecule has 0 saturated carbocycles. The van der Waals surface area contributed by atoms with Gasteiger partial charge in [0.25, 0.3) is 0 Å². The Balaban J connectivity index is 1.36. The minimum absolute atomic E-state index is 0.248. The zero-order valence-corrected chi connectivity index (χ0v) is 21.4. The van der Waals surface area contributed by atoms with E-state index in [4.69, 9.17) is 14.7 Å². The summed E-state index contributed by atoms with van der Waals surface area (Å²) in [6.45, 7) is 8.73. The number of morpholine rings is 1. The Kier molecular flexibility index (Phi) is 8.58. The van der Waals surface area contributed by atoms with E-state index in [-0.39, 0.29) is 18.1 Å². The van der Waals surface area contributed by atoms with E-state index in [1.54, 1.807) is 29.3 Å². The molecule has 2 saturated heterocycles. The fourth-order valence-corrected chi connectivity index (χ4v) is 4.68. The zero-order chi connectivity index (χ0) is 27.3. The third-order valence-electron chi connectivity index (χ3n) is 6.75. The van der Waals surface area contributed by atoms with Crippen LogP contribution in [0.1, 0.15) is 25.0 Å². The van der Waals surface area contributed by atoms with E-state index < -0.39 is 17.3 Å². The highest BCUT2D eigenvalue weighted by Crippen LogP contribution is 2.35. The summed E-state index contributed by atoms with van der Waals surface area (Å²) in [4.78, 5) is 23.1. The van der Waals surface area contributed by atoms with Crippen LogP contribution >= 0.6 is 0 Å². The van der Waals surface area contributed by atoms with Crippen LogP contribution < -0.4 is 15.0 Å². The quantitative estimate of drug-likeness (QED) is 0.605. The Hall–Kier alpha value is -3.56. The molecule has 0 radical (unpaired) electrons. The van der Waals surface area contributed by atoms with Gasteiger partial charge in [0, 0.05) is 68.4 Å². The van der Waals surface area contributed by atoms with Gasteiger partial charge in [0.05, 0.1) is 30.4 Å². The van der Waals surface area contributed by atoms with E-state index in [1.807, 2.05) is 18.7 Å². The number of urea groups is 1. The Morgan fingerprint density at radius 3 is 2.66 bits per heavy atom. The number of hydrogen-bond donors (Lipinski definition) is 1. The molecule has 38 heavy (non-hydrogen) atoms. The number of aromatic nitrogens is 1. The van der Waals surface area contributed by atoms with Gasteiger partial charge in [-0.1, -0.05) is 0 Å². The number of benzene rings is 1. The van der Waals surface area contributed by atoms with E-state index in [0.29, 0.717) is 50.2 Å². The second kappa shape index (κ2) is 11.9. The third kappa shape index (κ3) is 6.65. The van der Waals surface area contributed by atoms with E-state index in [1.165, 1.54) is 12.1 Å². The van der Waals surface area contributed by atoms with Crippen molar-refractivity contribution in [3.63, 3.8) is 0 Å². The molecular formula is C26H31F3N6O3. The number of nitrogens with zero attached hydrogens (tertiary/aromatic N) is 5. The maximum absolute atomic E-state index is 13.5. The maximum Gasteiger partial charge on any atom is 0.417 e. The maximum atomic E-state index is 13.5. The lowest BCUT2D eigenvalue weighted by atomic mass is 10.0. The van der Waals surface area contributed by atoms with Crippen LogP contribution in [0, 0.1) is 11.3 Å². The van der Waals surface area contributed by atoms with E-state index in [9.17, 15) is 18.0 Å². The Morgan fingerprint density at radius 2 is 1.95 bits per heavy atom. The molecule has 1 aromatic carbocycles. The van der Waals surface area contributed by atoms with Gasteiger partial charge < -0.3 is 24.6 Å². The first kappa shape index (κ1) is 27.5. The number of piperazine rings is 1. The van der Waals surface area contributed by atoms with Crippen LogP contribution in [0.5, 0.6) is 5.88 Å². The van der Waals surface area contributed by atoms with Crippen molar-refractivity contribution >= 4 is 17.4 Å². The first-order valence-electron chi connectivity index (χ1n) is 12.5. The van der Waals surface area contributed by atoms with Crippen LogP contribution in [0.15, 0.2) is 36.5 Å². The molecule has 9 nitrogen and oxygen atoms in total. The van der Waals surface area contributed by atoms with Crippen molar-refractivity contribution in [2.24, 2.45) is 0 Å². The van der Waals surface area contributed by atoms with Gasteiger partial charge in [0.15, 0.2) is 0 Å².